The summed E-state index contributed by atoms with van der Waals surface area (Å²) in [6.45, 7) is 5.95. The largest absolute Gasteiger partial charge is 0.320 e. The second-order valence-electron chi connectivity index (χ2n) is 4.79. The second-order valence-corrected chi connectivity index (χ2v) is 5.20. The molecule has 2 nitrogen and oxygen atoms in total. The summed E-state index contributed by atoms with van der Waals surface area (Å²) in [5, 5.41) is 2.76. The Morgan fingerprint density at radius 3 is 2.31 bits per heavy atom. The van der Waals surface area contributed by atoms with Crippen LogP contribution in [0.15, 0.2) is 30.3 Å². The zero-order valence-electron chi connectivity index (χ0n) is 9.91. The van der Waals surface area contributed by atoms with Crippen molar-refractivity contribution < 1.29 is 4.79 Å². The molecule has 0 atom stereocenters. The Bertz CT molecular complexity index is 379. The van der Waals surface area contributed by atoms with E-state index < -0.39 is 0 Å². The van der Waals surface area contributed by atoms with Gasteiger partial charge in [0.05, 0.1) is 11.4 Å². The molecule has 0 aliphatic heterocycles. The highest BCUT2D eigenvalue weighted by Crippen LogP contribution is 2.14. The Balaban J connectivity index is 2.52. The molecule has 86 valence electrons. The van der Waals surface area contributed by atoms with Crippen molar-refractivity contribution in [3.05, 3.63) is 35.9 Å². The maximum Gasteiger partial charge on any atom is 0.229 e. The molecule has 16 heavy (non-hydrogen) atoms. The van der Waals surface area contributed by atoms with E-state index in [0.29, 0.717) is 11.4 Å². The van der Waals surface area contributed by atoms with Crippen molar-refractivity contribution in [1.29, 1.82) is 0 Å². The van der Waals surface area contributed by atoms with Crippen LogP contribution in [0.5, 0.6) is 0 Å². The van der Waals surface area contributed by atoms with Gasteiger partial charge in [-0.1, -0.05) is 63.3 Å². The zero-order valence-corrected chi connectivity index (χ0v) is 10.7. The summed E-state index contributed by atoms with van der Waals surface area (Å²) in [4.78, 5) is 12.3. The van der Waals surface area contributed by atoms with Gasteiger partial charge in [-0.15, -0.1) is 0 Å². The van der Waals surface area contributed by atoms with Crippen molar-refractivity contribution >= 4 is 23.1 Å². The van der Waals surface area contributed by atoms with Gasteiger partial charge in [0.2, 0.25) is 5.91 Å². The summed E-state index contributed by atoms with van der Waals surface area (Å²) in [5.41, 5.74) is 0.832. The first-order valence-electron chi connectivity index (χ1n) is 5.28. The summed E-state index contributed by atoms with van der Waals surface area (Å²) in [6.07, 6.45) is 0.372. The van der Waals surface area contributed by atoms with Crippen LogP contribution in [0.2, 0.25) is 0 Å². The molecule has 0 aliphatic carbocycles. The van der Waals surface area contributed by atoms with Gasteiger partial charge in [0.25, 0.3) is 0 Å². The number of rotatable bonds is 2. The molecule has 3 heteroatoms. The van der Waals surface area contributed by atoms with Gasteiger partial charge in [-0.2, -0.15) is 0 Å². The van der Waals surface area contributed by atoms with Gasteiger partial charge in [-0.3, -0.25) is 4.79 Å². The molecule has 1 amide bonds. The van der Waals surface area contributed by atoms with Crippen LogP contribution in [-0.2, 0) is 11.2 Å². The number of thiocarbonyl (C=S) groups is 1. The number of carbonyl (C=O) groups excluding carboxylic acids is 1. The van der Waals surface area contributed by atoms with Crippen LogP contribution >= 0.6 is 12.2 Å². The lowest BCUT2D eigenvalue weighted by atomic mass is 9.96. The SMILES string of the molecule is CC(C)(C)C(=S)NC(=O)Cc1ccccc1. The van der Waals surface area contributed by atoms with Crippen LogP contribution in [0.1, 0.15) is 26.3 Å². The fourth-order valence-corrected chi connectivity index (χ4v) is 1.25. The van der Waals surface area contributed by atoms with E-state index in [-0.39, 0.29) is 11.3 Å². The first-order valence-corrected chi connectivity index (χ1v) is 5.68. The third-order valence-corrected chi connectivity index (χ3v) is 2.86. The van der Waals surface area contributed by atoms with Crippen LogP contribution in [0.4, 0.5) is 0 Å². The molecular weight excluding hydrogens is 218 g/mol. The predicted molar refractivity (Wildman–Crippen MR) is 70.3 cm³/mol. The maximum absolute atomic E-state index is 11.7. The molecule has 1 aromatic rings. The van der Waals surface area contributed by atoms with E-state index in [2.05, 4.69) is 5.32 Å². The third-order valence-electron chi connectivity index (χ3n) is 2.14. The summed E-state index contributed by atoms with van der Waals surface area (Å²) in [7, 11) is 0. The Morgan fingerprint density at radius 1 is 1.25 bits per heavy atom. The highest BCUT2D eigenvalue weighted by Gasteiger charge is 2.18. The van der Waals surface area contributed by atoms with Gasteiger partial charge in [-0.05, 0) is 5.56 Å². The molecule has 1 aromatic carbocycles. The van der Waals surface area contributed by atoms with E-state index >= 15 is 0 Å². The van der Waals surface area contributed by atoms with E-state index in [1.165, 1.54) is 0 Å². The highest BCUT2D eigenvalue weighted by atomic mass is 32.1. The lowest BCUT2D eigenvalue weighted by Gasteiger charge is -2.20. The molecule has 0 fully saturated rings. The summed E-state index contributed by atoms with van der Waals surface area (Å²) < 4.78 is 0. The fraction of sp³-hybridized carbons (Fsp3) is 0.385. The number of hydrogen-bond acceptors (Lipinski definition) is 2. The van der Waals surface area contributed by atoms with Crippen LogP contribution < -0.4 is 5.32 Å². The molecule has 0 bridgehead atoms. The van der Waals surface area contributed by atoms with Crippen molar-refractivity contribution in [2.75, 3.05) is 0 Å². The van der Waals surface area contributed by atoms with E-state index in [0.717, 1.165) is 5.56 Å². The smallest absolute Gasteiger partial charge is 0.229 e. The number of nitrogens with one attached hydrogen (secondary N) is 1. The average Bonchev–Trinajstić information content (AvgIpc) is 2.17. The quantitative estimate of drug-likeness (QED) is 0.799. The van der Waals surface area contributed by atoms with Gasteiger partial charge in [0.15, 0.2) is 0 Å². The Morgan fingerprint density at radius 2 is 1.81 bits per heavy atom. The minimum atomic E-state index is -0.165. The molecule has 0 aromatic heterocycles. The van der Waals surface area contributed by atoms with Crippen LogP contribution in [0, 0.1) is 5.41 Å². The second kappa shape index (κ2) is 5.21. The Hall–Kier alpha value is -1.22. The van der Waals surface area contributed by atoms with Crippen LogP contribution in [0.3, 0.4) is 0 Å². The highest BCUT2D eigenvalue weighted by molar-refractivity contribution is 7.80. The van der Waals surface area contributed by atoms with Crippen molar-refractivity contribution in [3.63, 3.8) is 0 Å². The van der Waals surface area contributed by atoms with Crippen molar-refractivity contribution in [3.8, 4) is 0 Å². The minimum absolute atomic E-state index is 0.0499. The molecule has 0 saturated carbocycles. The van der Waals surface area contributed by atoms with Crippen molar-refractivity contribution in [2.45, 2.75) is 27.2 Å². The molecular formula is C13H17NOS. The Kier molecular flexibility index (Phi) is 4.19. The predicted octanol–water partition coefficient (Wildman–Crippen LogP) is 2.72. The number of hydrogen-bond donors (Lipinski definition) is 1. The average molecular weight is 235 g/mol. The first-order chi connectivity index (χ1) is 7.39. The first kappa shape index (κ1) is 12.8. The molecule has 0 heterocycles. The molecule has 1 rings (SSSR count). The lowest BCUT2D eigenvalue weighted by molar-refractivity contribution is -0.119. The third kappa shape index (κ3) is 4.11. The number of benzene rings is 1. The Labute approximate surface area is 102 Å². The number of amides is 1. The van der Waals surface area contributed by atoms with E-state index in [1.807, 2.05) is 51.1 Å². The zero-order chi connectivity index (χ0) is 12.2. The van der Waals surface area contributed by atoms with Gasteiger partial charge in [0.1, 0.15) is 0 Å². The summed E-state index contributed by atoms with van der Waals surface area (Å²) in [5.74, 6) is -0.0499. The fourth-order valence-electron chi connectivity index (χ4n) is 1.14. The lowest BCUT2D eigenvalue weighted by Crippen LogP contribution is -2.38. The van der Waals surface area contributed by atoms with Gasteiger partial charge < -0.3 is 5.32 Å². The van der Waals surface area contributed by atoms with E-state index in [9.17, 15) is 4.79 Å². The van der Waals surface area contributed by atoms with Crippen LogP contribution in [-0.4, -0.2) is 10.9 Å². The molecule has 0 spiro atoms. The molecule has 0 aliphatic rings. The van der Waals surface area contributed by atoms with Crippen molar-refractivity contribution in [1.82, 2.24) is 5.32 Å². The molecule has 0 radical (unpaired) electrons. The van der Waals surface area contributed by atoms with Gasteiger partial charge >= 0.3 is 0 Å². The molecule has 0 saturated heterocycles. The van der Waals surface area contributed by atoms with E-state index in [1.54, 1.807) is 0 Å². The van der Waals surface area contributed by atoms with Crippen molar-refractivity contribution in [2.24, 2.45) is 5.41 Å². The van der Waals surface area contributed by atoms with Gasteiger partial charge in [-0.25, -0.2) is 0 Å². The molecule has 1 N–H and O–H groups in total. The topological polar surface area (TPSA) is 29.1 Å². The number of carbonyl (C=O) groups is 1. The molecule has 0 unspecified atom stereocenters. The summed E-state index contributed by atoms with van der Waals surface area (Å²) in [6, 6.07) is 9.63. The monoisotopic (exact) mass is 235 g/mol. The normalized spacial score (nSPS) is 10.9. The maximum atomic E-state index is 11.7. The van der Waals surface area contributed by atoms with Crippen LogP contribution in [0.25, 0.3) is 0 Å². The van der Waals surface area contributed by atoms with Gasteiger partial charge in [0, 0.05) is 5.41 Å². The summed E-state index contributed by atoms with van der Waals surface area (Å²) >= 11 is 5.15. The van der Waals surface area contributed by atoms with E-state index in [4.69, 9.17) is 12.2 Å². The minimum Gasteiger partial charge on any atom is -0.320 e. The standard InChI is InChI=1S/C13H17NOS/c1-13(2,3)12(16)14-11(15)9-10-7-5-4-6-8-10/h4-8H,9H2,1-3H3,(H,14,15,16).